The molecule has 1 aromatic heterocycles. The zero-order chi connectivity index (χ0) is 14.6. The summed E-state index contributed by atoms with van der Waals surface area (Å²) in [5, 5.41) is 3.09. The van der Waals surface area contributed by atoms with Crippen LogP contribution in [0.1, 0.15) is 42.5 Å². The maximum atomic E-state index is 12.2. The first-order valence-corrected chi connectivity index (χ1v) is 7.90. The molecule has 0 aromatic carbocycles. The Kier molecular flexibility index (Phi) is 5.16. The third kappa shape index (κ3) is 3.58. The minimum atomic E-state index is -0.0279. The highest BCUT2D eigenvalue weighted by Crippen LogP contribution is 2.31. The number of carbonyl (C=O) groups is 1. The smallest absolute Gasteiger partial charge is 0.251 e. The van der Waals surface area contributed by atoms with E-state index in [1.54, 1.807) is 18.3 Å². The van der Waals surface area contributed by atoms with Crippen molar-refractivity contribution in [3.63, 3.8) is 0 Å². The Morgan fingerprint density at radius 2 is 2.10 bits per heavy atom. The Labute approximate surface area is 129 Å². The molecule has 0 saturated heterocycles. The number of carbonyl (C=O) groups excluding carboxylic acids is 1. The normalized spacial score (nSPS) is 18.0. The van der Waals surface area contributed by atoms with E-state index >= 15 is 0 Å². The molecule has 5 heteroatoms. The molecular weight excluding hydrogens is 318 g/mol. The van der Waals surface area contributed by atoms with E-state index in [0.717, 1.165) is 12.8 Å². The molecule has 4 nitrogen and oxygen atoms in total. The van der Waals surface area contributed by atoms with Gasteiger partial charge in [0.25, 0.3) is 5.91 Å². The third-order valence-corrected chi connectivity index (χ3v) is 4.73. The van der Waals surface area contributed by atoms with Crippen LogP contribution < -0.4 is 5.32 Å². The lowest BCUT2D eigenvalue weighted by molar-refractivity contribution is 0.0799. The number of nitrogens with zero attached hydrogens (tertiary/aromatic N) is 2. The molecule has 1 fully saturated rings. The van der Waals surface area contributed by atoms with Crippen molar-refractivity contribution in [3.05, 3.63) is 28.5 Å². The number of hydrogen-bond acceptors (Lipinski definition) is 3. The lowest BCUT2D eigenvalue weighted by atomic mass is 9.80. The maximum Gasteiger partial charge on any atom is 0.251 e. The Morgan fingerprint density at radius 1 is 1.40 bits per heavy atom. The second kappa shape index (κ2) is 6.68. The van der Waals surface area contributed by atoms with Crippen molar-refractivity contribution < 1.29 is 4.79 Å². The van der Waals surface area contributed by atoms with Crippen molar-refractivity contribution in [2.24, 2.45) is 0 Å². The minimum absolute atomic E-state index is 0.0279. The van der Waals surface area contributed by atoms with Gasteiger partial charge in [-0.1, -0.05) is 19.3 Å². The number of amides is 1. The fraction of sp³-hybridized carbons (Fsp3) is 0.600. The molecule has 1 aliphatic rings. The van der Waals surface area contributed by atoms with Crippen LogP contribution in [0.15, 0.2) is 22.9 Å². The summed E-state index contributed by atoms with van der Waals surface area (Å²) < 4.78 is 0.685. The molecule has 2 rings (SSSR count). The second-order valence-corrected chi connectivity index (χ2v) is 6.54. The van der Waals surface area contributed by atoms with Crippen LogP contribution in [0.25, 0.3) is 0 Å². The summed E-state index contributed by atoms with van der Waals surface area (Å²) in [5.74, 6) is -0.0279. The van der Waals surface area contributed by atoms with Crippen LogP contribution in [-0.2, 0) is 0 Å². The number of hydrogen-bond donors (Lipinski definition) is 1. The van der Waals surface area contributed by atoms with Crippen LogP contribution in [0.4, 0.5) is 0 Å². The van der Waals surface area contributed by atoms with Crippen molar-refractivity contribution in [2.45, 2.75) is 37.6 Å². The number of aromatic nitrogens is 1. The summed E-state index contributed by atoms with van der Waals surface area (Å²) in [6, 6.07) is 3.49. The fourth-order valence-electron chi connectivity index (χ4n) is 2.88. The van der Waals surface area contributed by atoms with E-state index in [1.807, 2.05) is 0 Å². The number of nitrogens with one attached hydrogen (secondary N) is 1. The van der Waals surface area contributed by atoms with E-state index in [0.29, 0.717) is 16.7 Å². The molecule has 1 heterocycles. The van der Waals surface area contributed by atoms with Crippen molar-refractivity contribution >= 4 is 21.8 Å². The van der Waals surface area contributed by atoms with Gasteiger partial charge in [-0.15, -0.1) is 0 Å². The van der Waals surface area contributed by atoms with Crippen molar-refractivity contribution in [2.75, 3.05) is 20.6 Å². The fourth-order valence-corrected chi connectivity index (χ4v) is 3.25. The lowest BCUT2D eigenvalue weighted by Crippen LogP contribution is -2.53. The van der Waals surface area contributed by atoms with Gasteiger partial charge in [0.05, 0.1) is 0 Å². The van der Waals surface area contributed by atoms with Gasteiger partial charge in [-0.2, -0.15) is 0 Å². The van der Waals surface area contributed by atoms with Crippen LogP contribution in [0, 0.1) is 0 Å². The number of likely N-dealkylation sites (N-methyl/N-ethyl adjacent to an activating group) is 1. The van der Waals surface area contributed by atoms with E-state index in [9.17, 15) is 4.79 Å². The van der Waals surface area contributed by atoms with Gasteiger partial charge >= 0.3 is 0 Å². The van der Waals surface area contributed by atoms with Crippen molar-refractivity contribution in [1.82, 2.24) is 15.2 Å². The van der Waals surface area contributed by atoms with E-state index in [4.69, 9.17) is 0 Å². The van der Waals surface area contributed by atoms with Gasteiger partial charge in [-0.05, 0) is 55.0 Å². The average molecular weight is 340 g/mol. The topological polar surface area (TPSA) is 45.2 Å². The Bertz CT molecular complexity index is 470. The molecule has 20 heavy (non-hydrogen) atoms. The Morgan fingerprint density at radius 3 is 2.70 bits per heavy atom. The van der Waals surface area contributed by atoms with Gasteiger partial charge in [-0.25, -0.2) is 4.98 Å². The number of rotatable bonds is 4. The molecule has 0 aliphatic heterocycles. The average Bonchev–Trinajstić information content (AvgIpc) is 2.45. The largest absolute Gasteiger partial charge is 0.350 e. The summed E-state index contributed by atoms with van der Waals surface area (Å²) in [4.78, 5) is 18.5. The molecule has 1 saturated carbocycles. The van der Waals surface area contributed by atoms with E-state index in [-0.39, 0.29) is 11.4 Å². The van der Waals surface area contributed by atoms with Crippen molar-refractivity contribution in [3.8, 4) is 0 Å². The van der Waals surface area contributed by atoms with E-state index in [1.165, 1.54) is 19.3 Å². The second-order valence-electron chi connectivity index (χ2n) is 5.73. The summed E-state index contributed by atoms with van der Waals surface area (Å²) in [7, 11) is 4.22. The van der Waals surface area contributed by atoms with Gasteiger partial charge in [0.15, 0.2) is 0 Å². The Hall–Kier alpha value is -0.940. The van der Waals surface area contributed by atoms with Gasteiger partial charge < -0.3 is 10.2 Å². The summed E-state index contributed by atoms with van der Waals surface area (Å²) >= 11 is 3.29. The first kappa shape index (κ1) is 15.4. The summed E-state index contributed by atoms with van der Waals surface area (Å²) in [6.07, 6.45) is 7.74. The highest BCUT2D eigenvalue weighted by Gasteiger charge is 2.34. The first-order chi connectivity index (χ1) is 9.53. The van der Waals surface area contributed by atoms with Crippen LogP contribution in [0.2, 0.25) is 0 Å². The predicted molar refractivity (Wildman–Crippen MR) is 83.8 cm³/mol. The number of pyridine rings is 1. The minimum Gasteiger partial charge on any atom is -0.350 e. The van der Waals surface area contributed by atoms with E-state index < -0.39 is 0 Å². The summed E-state index contributed by atoms with van der Waals surface area (Å²) in [6.45, 7) is 0.707. The monoisotopic (exact) mass is 339 g/mol. The van der Waals surface area contributed by atoms with Crippen molar-refractivity contribution in [1.29, 1.82) is 0 Å². The lowest BCUT2D eigenvalue weighted by Gasteiger charge is -2.43. The van der Waals surface area contributed by atoms with Gasteiger partial charge in [0, 0.05) is 23.8 Å². The molecule has 1 aliphatic carbocycles. The summed E-state index contributed by atoms with van der Waals surface area (Å²) in [5.41, 5.74) is 0.759. The Balaban J connectivity index is 2.00. The molecule has 1 amide bonds. The molecule has 0 spiro atoms. The highest BCUT2D eigenvalue weighted by atomic mass is 79.9. The predicted octanol–water partition coefficient (Wildman–Crippen LogP) is 2.84. The molecular formula is C15H22BrN3O. The highest BCUT2D eigenvalue weighted by molar-refractivity contribution is 9.10. The zero-order valence-electron chi connectivity index (χ0n) is 12.2. The van der Waals surface area contributed by atoms with E-state index in [2.05, 4.69) is 45.2 Å². The van der Waals surface area contributed by atoms with Crippen LogP contribution in [-0.4, -0.2) is 42.0 Å². The molecule has 110 valence electrons. The van der Waals surface area contributed by atoms with Crippen LogP contribution >= 0.6 is 15.9 Å². The number of halogens is 1. The molecule has 0 atom stereocenters. The maximum absolute atomic E-state index is 12.2. The van der Waals surface area contributed by atoms with Gasteiger partial charge in [-0.3, -0.25) is 4.79 Å². The van der Waals surface area contributed by atoms with Crippen LogP contribution in [0.3, 0.4) is 0 Å². The molecule has 0 radical (unpaired) electrons. The van der Waals surface area contributed by atoms with Crippen LogP contribution in [0.5, 0.6) is 0 Å². The quantitative estimate of drug-likeness (QED) is 0.858. The van der Waals surface area contributed by atoms with Gasteiger partial charge in [0.2, 0.25) is 0 Å². The molecule has 0 bridgehead atoms. The molecule has 1 aromatic rings. The third-order valence-electron chi connectivity index (χ3n) is 4.30. The zero-order valence-corrected chi connectivity index (χ0v) is 13.7. The molecule has 0 unspecified atom stereocenters. The standard InChI is InChI=1S/C15H22BrN3O/c1-19(2)15(7-4-3-5-8-15)11-18-14(20)12-6-9-17-13(16)10-12/h6,9-10H,3-5,7-8,11H2,1-2H3,(H,18,20). The SMILES string of the molecule is CN(C)C1(CNC(=O)c2ccnc(Br)c2)CCCCC1. The molecule has 1 N–H and O–H groups in total. The first-order valence-electron chi connectivity index (χ1n) is 7.11. The van der Waals surface area contributed by atoms with Gasteiger partial charge in [0.1, 0.15) is 4.60 Å².